The molecular weight excluding hydrogens is 462 g/mol. The predicted molar refractivity (Wildman–Crippen MR) is 134 cm³/mol. The van der Waals surface area contributed by atoms with E-state index in [0.29, 0.717) is 38.9 Å². The number of amides is 2. The molecule has 0 saturated carbocycles. The van der Waals surface area contributed by atoms with E-state index in [2.05, 4.69) is 10.6 Å². The Morgan fingerprint density at radius 3 is 2.14 bits per heavy atom. The number of ether oxygens (including phenoxy) is 2. The molecule has 9 nitrogen and oxygen atoms in total. The predicted octanol–water partition coefficient (Wildman–Crippen LogP) is 3.93. The van der Waals surface area contributed by atoms with E-state index in [1.54, 1.807) is 0 Å². The number of hydrogen-bond acceptors (Lipinski definition) is 6. The maximum atomic E-state index is 12.4. The summed E-state index contributed by atoms with van der Waals surface area (Å²) >= 11 is 0. The van der Waals surface area contributed by atoms with E-state index >= 15 is 0 Å². The van der Waals surface area contributed by atoms with Gasteiger partial charge in [0.25, 0.3) is 0 Å². The van der Waals surface area contributed by atoms with Gasteiger partial charge in [-0.25, -0.2) is 9.59 Å². The standard InChI is InChI=1S/C27H35N3O6/c31-25(32)24-15-9-17-30(24)18-23(29-27(34)36-20-22-12-5-2-6-13-22)14-7-8-16-28-26(33)35-19-21-10-3-1-4-11-21/h1-6,10-13,23-24H,7-9,14-20H2,(H,28,33)(H,29,34)(H,31,32)/t23?,24-/m0/s1. The topological polar surface area (TPSA) is 117 Å². The number of likely N-dealkylation sites (tertiary alicyclic amines) is 1. The number of carbonyl (C=O) groups is 3. The number of carboxylic acids is 1. The second-order valence-corrected chi connectivity index (χ2v) is 8.88. The van der Waals surface area contributed by atoms with E-state index in [4.69, 9.17) is 9.47 Å². The van der Waals surface area contributed by atoms with Crippen molar-refractivity contribution < 1.29 is 29.0 Å². The Bertz CT molecular complexity index is 956. The van der Waals surface area contributed by atoms with Gasteiger partial charge < -0.3 is 25.2 Å². The fraction of sp³-hybridized carbons (Fsp3) is 0.444. The number of unbranched alkanes of at least 4 members (excludes halogenated alkanes) is 1. The van der Waals surface area contributed by atoms with Gasteiger partial charge in [0.05, 0.1) is 0 Å². The van der Waals surface area contributed by atoms with Crippen LogP contribution >= 0.6 is 0 Å². The number of hydrogen-bond donors (Lipinski definition) is 3. The average molecular weight is 498 g/mol. The summed E-state index contributed by atoms with van der Waals surface area (Å²) in [5, 5.41) is 15.1. The van der Waals surface area contributed by atoms with E-state index in [9.17, 15) is 19.5 Å². The zero-order valence-corrected chi connectivity index (χ0v) is 20.4. The largest absolute Gasteiger partial charge is 0.480 e. The fourth-order valence-electron chi connectivity index (χ4n) is 4.23. The van der Waals surface area contributed by atoms with Crippen LogP contribution in [0.2, 0.25) is 0 Å². The lowest BCUT2D eigenvalue weighted by Crippen LogP contribution is -2.47. The summed E-state index contributed by atoms with van der Waals surface area (Å²) in [6, 6.07) is 18.1. The maximum Gasteiger partial charge on any atom is 0.407 e. The molecule has 9 heteroatoms. The summed E-state index contributed by atoms with van der Waals surface area (Å²) in [5.74, 6) is -0.837. The lowest BCUT2D eigenvalue weighted by molar-refractivity contribution is -0.142. The molecule has 0 radical (unpaired) electrons. The van der Waals surface area contributed by atoms with Crippen LogP contribution in [0.4, 0.5) is 9.59 Å². The van der Waals surface area contributed by atoms with Crippen LogP contribution in [0.15, 0.2) is 60.7 Å². The van der Waals surface area contributed by atoms with Crippen molar-refractivity contribution in [2.45, 2.75) is 57.4 Å². The molecule has 3 rings (SSSR count). The molecule has 0 spiro atoms. The number of benzene rings is 2. The molecule has 3 N–H and O–H groups in total. The number of nitrogens with one attached hydrogen (secondary N) is 2. The van der Waals surface area contributed by atoms with Gasteiger partial charge in [-0.1, -0.05) is 60.7 Å². The van der Waals surface area contributed by atoms with Crippen LogP contribution in [0, 0.1) is 0 Å². The van der Waals surface area contributed by atoms with Crippen LogP contribution in [0.25, 0.3) is 0 Å². The first kappa shape index (κ1) is 27.0. The van der Waals surface area contributed by atoms with Gasteiger partial charge in [0.2, 0.25) is 0 Å². The molecule has 2 atom stereocenters. The van der Waals surface area contributed by atoms with E-state index in [1.807, 2.05) is 65.6 Å². The summed E-state index contributed by atoms with van der Waals surface area (Å²) < 4.78 is 10.6. The van der Waals surface area contributed by atoms with Gasteiger partial charge in [-0.15, -0.1) is 0 Å². The van der Waals surface area contributed by atoms with Crippen molar-refractivity contribution in [1.29, 1.82) is 0 Å². The van der Waals surface area contributed by atoms with E-state index in [1.165, 1.54) is 0 Å². The number of carbonyl (C=O) groups excluding carboxylic acids is 2. The third-order valence-electron chi connectivity index (χ3n) is 6.10. The lowest BCUT2D eigenvalue weighted by atomic mass is 10.1. The molecule has 1 aliphatic rings. The van der Waals surface area contributed by atoms with Gasteiger partial charge >= 0.3 is 18.2 Å². The van der Waals surface area contributed by atoms with Crippen molar-refractivity contribution in [1.82, 2.24) is 15.5 Å². The van der Waals surface area contributed by atoms with Crippen molar-refractivity contribution in [3.05, 3.63) is 71.8 Å². The van der Waals surface area contributed by atoms with Gasteiger partial charge in [0, 0.05) is 19.1 Å². The SMILES string of the molecule is O=C(NCCCCC(CN1CCC[C@H]1C(=O)O)NC(=O)OCc1ccccc1)OCc1ccccc1. The van der Waals surface area contributed by atoms with Crippen molar-refractivity contribution in [2.75, 3.05) is 19.6 Å². The third-order valence-corrected chi connectivity index (χ3v) is 6.10. The zero-order valence-electron chi connectivity index (χ0n) is 20.4. The third kappa shape index (κ3) is 9.58. The lowest BCUT2D eigenvalue weighted by Gasteiger charge is -2.27. The molecule has 36 heavy (non-hydrogen) atoms. The van der Waals surface area contributed by atoms with Crippen LogP contribution in [-0.4, -0.2) is 59.9 Å². The number of nitrogens with zero attached hydrogens (tertiary/aromatic N) is 1. The van der Waals surface area contributed by atoms with Crippen LogP contribution in [0.5, 0.6) is 0 Å². The zero-order chi connectivity index (χ0) is 25.6. The number of carboxylic acid groups (broad SMARTS) is 1. The van der Waals surface area contributed by atoms with E-state index < -0.39 is 24.2 Å². The van der Waals surface area contributed by atoms with Crippen molar-refractivity contribution in [3.8, 4) is 0 Å². The van der Waals surface area contributed by atoms with Gasteiger partial charge in [0.15, 0.2) is 0 Å². The molecule has 1 saturated heterocycles. The second kappa shape index (κ2) is 14.7. The van der Waals surface area contributed by atoms with E-state index in [-0.39, 0.29) is 19.3 Å². The van der Waals surface area contributed by atoms with Gasteiger partial charge in [-0.2, -0.15) is 0 Å². The molecular formula is C27H35N3O6. The van der Waals surface area contributed by atoms with Gasteiger partial charge in [-0.3, -0.25) is 9.69 Å². The first-order valence-corrected chi connectivity index (χ1v) is 12.4. The normalized spacial score (nSPS) is 16.2. The smallest absolute Gasteiger partial charge is 0.407 e. The van der Waals surface area contributed by atoms with Crippen molar-refractivity contribution >= 4 is 18.2 Å². The molecule has 1 heterocycles. The molecule has 1 unspecified atom stereocenters. The number of alkyl carbamates (subject to hydrolysis) is 2. The van der Waals surface area contributed by atoms with Crippen molar-refractivity contribution in [2.24, 2.45) is 0 Å². The number of aliphatic carboxylic acids is 1. The molecule has 2 aromatic rings. The summed E-state index contributed by atoms with van der Waals surface area (Å²) in [6.07, 6.45) is 2.47. The average Bonchev–Trinajstić information content (AvgIpc) is 3.36. The molecule has 0 bridgehead atoms. The Hall–Kier alpha value is -3.59. The minimum absolute atomic E-state index is 0.163. The monoisotopic (exact) mass is 497 g/mol. The molecule has 2 amide bonds. The Balaban J connectivity index is 1.41. The van der Waals surface area contributed by atoms with E-state index in [0.717, 1.165) is 24.0 Å². The Morgan fingerprint density at radius 2 is 1.53 bits per heavy atom. The second-order valence-electron chi connectivity index (χ2n) is 8.88. The molecule has 1 aliphatic heterocycles. The summed E-state index contributed by atoms with van der Waals surface area (Å²) in [7, 11) is 0. The summed E-state index contributed by atoms with van der Waals surface area (Å²) in [4.78, 5) is 37.8. The molecule has 0 aliphatic carbocycles. The minimum atomic E-state index is -0.837. The molecule has 0 aromatic heterocycles. The highest BCUT2D eigenvalue weighted by atomic mass is 16.6. The van der Waals surface area contributed by atoms with Gasteiger partial charge in [-0.05, 0) is 49.8 Å². The van der Waals surface area contributed by atoms with Gasteiger partial charge in [0.1, 0.15) is 19.3 Å². The number of rotatable bonds is 13. The molecule has 1 fully saturated rings. The van der Waals surface area contributed by atoms with Crippen LogP contribution < -0.4 is 10.6 Å². The highest BCUT2D eigenvalue weighted by Crippen LogP contribution is 2.19. The first-order valence-electron chi connectivity index (χ1n) is 12.4. The maximum absolute atomic E-state index is 12.4. The fourth-order valence-corrected chi connectivity index (χ4v) is 4.23. The molecule has 194 valence electrons. The summed E-state index contributed by atoms with van der Waals surface area (Å²) in [6.45, 7) is 1.94. The Kier molecular flexibility index (Phi) is 11.0. The Labute approximate surface area is 211 Å². The molecule has 2 aromatic carbocycles. The van der Waals surface area contributed by atoms with Crippen LogP contribution in [0.1, 0.15) is 43.2 Å². The highest BCUT2D eigenvalue weighted by molar-refractivity contribution is 5.73. The minimum Gasteiger partial charge on any atom is -0.480 e. The first-order chi connectivity index (χ1) is 17.5. The summed E-state index contributed by atoms with van der Waals surface area (Å²) in [5.41, 5.74) is 1.81. The Morgan fingerprint density at radius 1 is 0.917 bits per heavy atom. The highest BCUT2D eigenvalue weighted by Gasteiger charge is 2.32. The van der Waals surface area contributed by atoms with Crippen LogP contribution in [0.3, 0.4) is 0 Å². The van der Waals surface area contributed by atoms with Crippen molar-refractivity contribution in [3.63, 3.8) is 0 Å². The van der Waals surface area contributed by atoms with Crippen LogP contribution in [-0.2, 0) is 27.5 Å². The quantitative estimate of drug-likeness (QED) is 0.359.